The summed E-state index contributed by atoms with van der Waals surface area (Å²) in [6.07, 6.45) is 0. The molecule has 0 fully saturated rings. The zero-order valence-corrected chi connectivity index (χ0v) is 17.4. The molecule has 0 spiro atoms. The summed E-state index contributed by atoms with van der Waals surface area (Å²) in [5.74, 6) is -5.17. The molecule has 4 N–H and O–H groups in total. The van der Waals surface area contributed by atoms with E-state index in [1.54, 1.807) is 30.3 Å². The first-order valence-electron chi connectivity index (χ1n) is 9.93. The van der Waals surface area contributed by atoms with E-state index < -0.39 is 23.9 Å². The van der Waals surface area contributed by atoms with Crippen molar-refractivity contribution in [2.75, 3.05) is 0 Å². The second-order valence-electron chi connectivity index (χ2n) is 7.42. The maximum Gasteiger partial charge on any atom is 0.336 e. The highest BCUT2D eigenvalue weighted by molar-refractivity contribution is 6.22. The van der Waals surface area contributed by atoms with E-state index in [1.165, 1.54) is 36.4 Å². The number of benzene rings is 4. The van der Waals surface area contributed by atoms with E-state index in [-0.39, 0.29) is 44.2 Å². The van der Waals surface area contributed by atoms with Crippen molar-refractivity contribution in [2.24, 2.45) is 0 Å². The Balaban J connectivity index is 2.27. The highest BCUT2D eigenvalue weighted by Crippen LogP contribution is 2.43. The first-order chi connectivity index (χ1) is 16.2. The van der Waals surface area contributed by atoms with Crippen LogP contribution < -0.4 is 0 Å². The predicted octanol–water partition coefficient (Wildman–Crippen LogP) is 4.97. The van der Waals surface area contributed by atoms with E-state index in [0.717, 1.165) is 6.07 Å². The second kappa shape index (κ2) is 8.51. The van der Waals surface area contributed by atoms with Gasteiger partial charge in [-0.3, -0.25) is 0 Å². The SMILES string of the molecule is O=C(O)c1ccc(-c2c(-c3ccccc3)c(C(=O)O)c3cc(C(=O)O)ccc3c2C(=O)O)cc1. The molecule has 8 nitrogen and oxygen atoms in total. The van der Waals surface area contributed by atoms with Gasteiger partial charge in [-0.1, -0.05) is 48.5 Å². The number of fused-ring (bicyclic) bond motifs is 1. The Morgan fingerprint density at radius 1 is 0.471 bits per heavy atom. The molecular weight excluding hydrogens is 440 g/mol. The van der Waals surface area contributed by atoms with E-state index in [4.69, 9.17) is 0 Å². The molecule has 8 heteroatoms. The van der Waals surface area contributed by atoms with Gasteiger partial charge in [-0.25, -0.2) is 19.2 Å². The van der Waals surface area contributed by atoms with Crippen molar-refractivity contribution in [1.29, 1.82) is 0 Å². The lowest BCUT2D eigenvalue weighted by molar-refractivity contribution is 0.0684. The van der Waals surface area contributed by atoms with Gasteiger partial charge in [0, 0.05) is 11.1 Å². The quantitative estimate of drug-likeness (QED) is 0.318. The number of hydrogen-bond acceptors (Lipinski definition) is 4. The standard InChI is InChI=1S/C26H16O8/c27-23(28)15-8-6-14(7-9-15)20-19(13-4-2-1-3-5-13)22(26(33)34)18-12-16(24(29)30)10-11-17(18)21(20)25(31)32/h1-12H,(H,27,28)(H,29,30)(H,31,32)(H,33,34). The average molecular weight is 456 g/mol. The lowest BCUT2D eigenvalue weighted by atomic mass is 9.82. The van der Waals surface area contributed by atoms with Gasteiger partial charge in [-0.05, 0) is 46.2 Å². The average Bonchev–Trinajstić information content (AvgIpc) is 2.82. The monoisotopic (exact) mass is 456 g/mol. The minimum atomic E-state index is -1.37. The van der Waals surface area contributed by atoms with Gasteiger partial charge in [0.05, 0.1) is 22.3 Å². The van der Waals surface area contributed by atoms with Gasteiger partial charge < -0.3 is 20.4 Å². The summed E-state index contributed by atoms with van der Waals surface area (Å²) in [5, 5.41) is 39.1. The van der Waals surface area contributed by atoms with Crippen molar-refractivity contribution in [3.8, 4) is 22.3 Å². The van der Waals surface area contributed by atoms with Crippen LogP contribution in [0.2, 0.25) is 0 Å². The van der Waals surface area contributed by atoms with Crippen molar-refractivity contribution in [2.45, 2.75) is 0 Å². The molecule has 0 aliphatic heterocycles. The van der Waals surface area contributed by atoms with Crippen LogP contribution in [0.1, 0.15) is 41.4 Å². The highest BCUT2D eigenvalue weighted by atomic mass is 16.4. The first-order valence-corrected chi connectivity index (χ1v) is 9.93. The summed E-state index contributed by atoms with van der Waals surface area (Å²) in [5.41, 5.74) is 0.184. The van der Waals surface area contributed by atoms with Crippen LogP contribution in [-0.2, 0) is 0 Å². The van der Waals surface area contributed by atoms with Gasteiger partial charge in [0.2, 0.25) is 0 Å². The fourth-order valence-electron chi connectivity index (χ4n) is 4.03. The molecule has 0 saturated carbocycles. The molecule has 0 radical (unpaired) electrons. The van der Waals surface area contributed by atoms with Crippen LogP contribution in [0.15, 0.2) is 72.8 Å². The van der Waals surface area contributed by atoms with E-state index in [0.29, 0.717) is 11.1 Å². The minimum Gasteiger partial charge on any atom is -0.478 e. The Bertz CT molecular complexity index is 1490. The third-order valence-electron chi connectivity index (χ3n) is 5.47. The van der Waals surface area contributed by atoms with Crippen LogP contribution in [-0.4, -0.2) is 44.3 Å². The Hall–Kier alpha value is -4.98. The smallest absolute Gasteiger partial charge is 0.336 e. The van der Waals surface area contributed by atoms with Crippen molar-refractivity contribution < 1.29 is 39.6 Å². The number of hydrogen-bond donors (Lipinski definition) is 4. The largest absolute Gasteiger partial charge is 0.478 e. The first kappa shape index (κ1) is 22.2. The lowest BCUT2D eigenvalue weighted by Crippen LogP contribution is -2.10. The third kappa shape index (κ3) is 3.73. The molecule has 0 atom stereocenters. The van der Waals surface area contributed by atoms with Crippen molar-refractivity contribution in [3.63, 3.8) is 0 Å². The molecule has 0 heterocycles. The van der Waals surface area contributed by atoms with Gasteiger partial charge in [-0.15, -0.1) is 0 Å². The molecule has 0 unspecified atom stereocenters. The molecular formula is C26H16O8. The lowest BCUT2D eigenvalue weighted by Gasteiger charge is -2.20. The van der Waals surface area contributed by atoms with Crippen molar-refractivity contribution in [1.82, 2.24) is 0 Å². The van der Waals surface area contributed by atoms with Crippen LogP contribution in [0, 0.1) is 0 Å². The number of aromatic carboxylic acids is 4. The van der Waals surface area contributed by atoms with Crippen molar-refractivity contribution >= 4 is 34.6 Å². The molecule has 34 heavy (non-hydrogen) atoms. The summed E-state index contributed by atoms with van der Waals surface area (Å²) in [6.45, 7) is 0. The molecule has 168 valence electrons. The normalized spacial score (nSPS) is 10.7. The van der Waals surface area contributed by atoms with E-state index >= 15 is 0 Å². The number of rotatable bonds is 6. The Morgan fingerprint density at radius 3 is 1.44 bits per heavy atom. The summed E-state index contributed by atoms with van der Waals surface area (Å²) in [6, 6.07) is 17.4. The van der Waals surface area contributed by atoms with E-state index in [9.17, 15) is 39.6 Å². The molecule has 4 rings (SSSR count). The van der Waals surface area contributed by atoms with Crippen LogP contribution in [0.5, 0.6) is 0 Å². The number of carboxylic acids is 4. The van der Waals surface area contributed by atoms with Crippen molar-refractivity contribution in [3.05, 3.63) is 95.1 Å². The number of carbonyl (C=O) groups is 4. The second-order valence-corrected chi connectivity index (χ2v) is 7.42. The van der Waals surface area contributed by atoms with Gasteiger partial charge in [0.1, 0.15) is 0 Å². The fourth-order valence-corrected chi connectivity index (χ4v) is 4.03. The van der Waals surface area contributed by atoms with Crippen LogP contribution >= 0.6 is 0 Å². The zero-order valence-electron chi connectivity index (χ0n) is 17.4. The Morgan fingerprint density at radius 2 is 0.941 bits per heavy atom. The van der Waals surface area contributed by atoms with Crippen LogP contribution in [0.3, 0.4) is 0 Å². The van der Waals surface area contributed by atoms with Gasteiger partial charge in [0.25, 0.3) is 0 Å². The summed E-state index contributed by atoms with van der Waals surface area (Å²) >= 11 is 0. The predicted molar refractivity (Wildman–Crippen MR) is 123 cm³/mol. The maximum absolute atomic E-state index is 12.5. The fraction of sp³-hybridized carbons (Fsp3) is 0. The van der Waals surface area contributed by atoms with Crippen LogP contribution in [0.4, 0.5) is 0 Å². The Labute approximate surface area is 192 Å². The summed E-state index contributed by atoms with van der Waals surface area (Å²) in [4.78, 5) is 47.9. The van der Waals surface area contributed by atoms with E-state index in [1.807, 2.05) is 0 Å². The third-order valence-corrected chi connectivity index (χ3v) is 5.47. The van der Waals surface area contributed by atoms with Crippen LogP contribution in [0.25, 0.3) is 33.0 Å². The minimum absolute atomic E-state index is 0.0211. The van der Waals surface area contributed by atoms with Gasteiger partial charge in [-0.2, -0.15) is 0 Å². The van der Waals surface area contributed by atoms with Gasteiger partial charge >= 0.3 is 23.9 Å². The zero-order chi connectivity index (χ0) is 24.6. The molecule has 0 aliphatic carbocycles. The van der Waals surface area contributed by atoms with Gasteiger partial charge in [0.15, 0.2) is 0 Å². The molecule has 0 bridgehead atoms. The Kier molecular flexibility index (Phi) is 5.56. The van der Waals surface area contributed by atoms with E-state index in [2.05, 4.69) is 0 Å². The molecule has 0 aromatic heterocycles. The number of carboxylic acid groups (broad SMARTS) is 4. The summed E-state index contributed by atoms with van der Waals surface area (Å²) < 4.78 is 0. The molecule has 4 aromatic rings. The maximum atomic E-state index is 12.5. The molecule has 4 aromatic carbocycles. The molecule has 0 aliphatic rings. The highest BCUT2D eigenvalue weighted by Gasteiger charge is 2.28. The topological polar surface area (TPSA) is 149 Å². The molecule has 0 amide bonds. The molecule has 0 saturated heterocycles. The summed E-state index contributed by atoms with van der Waals surface area (Å²) in [7, 11) is 0.